The number of hydrogen-bond acceptors (Lipinski definition) is 9. The van der Waals surface area contributed by atoms with Crippen LogP contribution in [0.3, 0.4) is 0 Å². The summed E-state index contributed by atoms with van der Waals surface area (Å²) in [5, 5.41) is 20.4. The molecular weight excluding hydrogens is 599 g/mol. The van der Waals surface area contributed by atoms with E-state index in [0.29, 0.717) is 61.0 Å². The molecule has 4 atom stereocenters. The number of aliphatic hydroxyl groups is 1. The number of nitrogen functional groups attached to an aromatic ring is 1. The van der Waals surface area contributed by atoms with E-state index >= 15 is 0 Å². The van der Waals surface area contributed by atoms with Crippen LogP contribution in [0, 0.1) is 23.1 Å². The van der Waals surface area contributed by atoms with Gasteiger partial charge in [0.2, 0.25) is 0 Å². The predicted molar refractivity (Wildman–Crippen MR) is 153 cm³/mol. The third-order valence-electron chi connectivity index (χ3n) is 9.36. The number of nitriles is 1. The average Bonchev–Trinajstić information content (AvgIpc) is 3.51. The fourth-order valence-corrected chi connectivity index (χ4v) is 7.58. The molecule has 3 saturated heterocycles. The summed E-state index contributed by atoms with van der Waals surface area (Å²) < 4.78 is 82.1. The molecule has 0 radical (unpaired) electrons. The van der Waals surface area contributed by atoms with Crippen LogP contribution in [0.1, 0.15) is 67.5 Å². The molecule has 45 heavy (non-hydrogen) atoms. The number of anilines is 2. The van der Waals surface area contributed by atoms with E-state index in [1.807, 2.05) is 4.90 Å². The molecule has 9 nitrogen and oxygen atoms in total. The molecule has 3 N–H and O–H groups in total. The van der Waals surface area contributed by atoms with E-state index in [1.165, 1.54) is 0 Å². The van der Waals surface area contributed by atoms with Crippen LogP contribution >= 0.6 is 0 Å². The van der Waals surface area contributed by atoms with Gasteiger partial charge in [0.25, 0.3) is 0 Å². The molecule has 6 rings (SSSR count). The van der Waals surface area contributed by atoms with Crippen molar-refractivity contribution in [3.63, 3.8) is 0 Å². The van der Waals surface area contributed by atoms with Crippen LogP contribution in [0.15, 0.2) is 24.0 Å². The van der Waals surface area contributed by atoms with Gasteiger partial charge < -0.3 is 25.2 Å². The molecule has 1 aromatic carbocycles. The molecule has 0 amide bonds. The Hall–Kier alpha value is -3.54. The minimum atomic E-state index is -4.99. The average molecular weight is 635 g/mol. The van der Waals surface area contributed by atoms with Gasteiger partial charge in [0.05, 0.1) is 47.5 Å². The summed E-state index contributed by atoms with van der Waals surface area (Å²) in [5.41, 5.74) is 3.69. The Balaban J connectivity index is 1.38. The van der Waals surface area contributed by atoms with Crippen LogP contribution in [0.2, 0.25) is 0 Å². The highest BCUT2D eigenvalue weighted by Gasteiger charge is 2.48. The minimum absolute atomic E-state index is 0.0137. The largest absolute Gasteiger partial charge is 0.461 e. The third kappa shape index (κ3) is 6.17. The molecule has 3 fully saturated rings. The second-order valence-electron chi connectivity index (χ2n) is 13.0. The number of alkyl halides is 3. The van der Waals surface area contributed by atoms with Gasteiger partial charge in [-0.05, 0) is 68.3 Å². The van der Waals surface area contributed by atoms with Gasteiger partial charge in [0.1, 0.15) is 18.2 Å². The highest BCUT2D eigenvalue weighted by molar-refractivity contribution is 5.53. The number of ether oxygens (including phenoxy) is 2. The van der Waals surface area contributed by atoms with Gasteiger partial charge in [0, 0.05) is 43.7 Å². The Bertz CT molecular complexity index is 1540. The van der Waals surface area contributed by atoms with Gasteiger partial charge in [-0.25, -0.2) is 8.78 Å². The van der Waals surface area contributed by atoms with Crippen molar-refractivity contribution in [3.05, 3.63) is 52.2 Å². The number of hydrogen-bond donors (Lipinski definition) is 2. The van der Waals surface area contributed by atoms with Gasteiger partial charge in [0.15, 0.2) is 0 Å². The first-order chi connectivity index (χ1) is 21.3. The first-order valence-electron chi connectivity index (χ1n) is 15.0. The van der Waals surface area contributed by atoms with E-state index in [0.717, 1.165) is 25.5 Å². The standard InChI is InChI=1S/C31H35F5N6O3/c1-29(43)10-18(3-5-37)13-41(16-29)27-22-15-44-25(21-7-20(38)8-23(33)26(21)31(34,35)36)9-24(22)39-28(40-27)45-17-30-4-2-6-42(30)14-19(11-30)12-32/h7-8,12,18,25,43H,2-4,6,9-11,13-17,38H2,1H3/b19-12-/t18-,25+,29-,30+/m1/s1. The zero-order chi connectivity index (χ0) is 32.1. The quantitative estimate of drug-likeness (QED) is 0.335. The number of nitrogens with zero attached hydrogens (tertiary/aromatic N) is 5. The Morgan fingerprint density at radius 2 is 2.11 bits per heavy atom. The van der Waals surface area contributed by atoms with Crippen molar-refractivity contribution in [1.29, 1.82) is 5.26 Å². The van der Waals surface area contributed by atoms with Crippen molar-refractivity contribution in [3.8, 4) is 12.1 Å². The second-order valence-corrected chi connectivity index (χ2v) is 13.0. The summed E-state index contributed by atoms with van der Waals surface area (Å²) in [6.45, 7) is 3.56. The maximum Gasteiger partial charge on any atom is 0.419 e. The van der Waals surface area contributed by atoms with Crippen molar-refractivity contribution in [1.82, 2.24) is 14.9 Å². The fraction of sp³-hybridized carbons (Fsp3) is 0.581. The number of fused-ring (bicyclic) bond motifs is 2. The van der Waals surface area contributed by atoms with Crippen molar-refractivity contribution < 1.29 is 36.5 Å². The van der Waals surface area contributed by atoms with Crippen molar-refractivity contribution in [2.24, 2.45) is 5.92 Å². The van der Waals surface area contributed by atoms with E-state index in [1.54, 1.807) is 6.92 Å². The van der Waals surface area contributed by atoms with Crippen molar-refractivity contribution >= 4 is 11.5 Å². The molecule has 5 heterocycles. The molecule has 0 saturated carbocycles. The molecule has 4 aliphatic rings. The lowest BCUT2D eigenvalue weighted by molar-refractivity contribution is -0.142. The van der Waals surface area contributed by atoms with E-state index in [-0.39, 0.29) is 50.2 Å². The molecule has 2 aromatic rings. The number of β-amino-alcohol motifs (C(OH)–C–C–N with tert-alkyl or cyclic N) is 1. The Morgan fingerprint density at radius 3 is 2.84 bits per heavy atom. The molecular formula is C31H35F5N6O3. The van der Waals surface area contributed by atoms with Crippen LogP contribution in [-0.2, 0) is 23.9 Å². The van der Waals surface area contributed by atoms with Gasteiger partial charge in [-0.1, -0.05) is 0 Å². The van der Waals surface area contributed by atoms with E-state index in [4.69, 9.17) is 20.2 Å². The Kier molecular flexibility index (Phi) is 8.16. The zero-order valence-corrected chi connectivity index (χ0v) is 24.8. The predicted octanol–water partition coefficient (Wildman–Crippen LogP) is 4.99. The van der Waals surface area contributed by atoms with Gasteiger partial charge in [-0.15, -0.1) is 0 Å². The summed E-state index contributed by atoms with van der Waals surface area (Å²) in [6, 6.07) is 3.85. The Morgan fingerprint density at radius 1 is 1.31 bits per heavy atom. The number of nitrogens with two attached hydrogens (primary N) is 1. The van der Waals surface area contributed by atoms with Gasteiger partial charge >= 0.3 is 12.2 Å². The normalized spacial score (nSPS) is 29.5. The molecule has 1 aromatic heterocycles. The van der Waals surface area contributed by atoms with Crippen LogP contribution in [0.4, 0.5) is 33.5 Å². The lowest BCUT2D eigenvalue weighted by Gasteiger charge is -2.42. The van der Waals surface area contributed by atoms with E-state index < -0.39 is 40.4 Å². The molecule has 242 valence electrons. The maximum atomic E-state index is 14.6. The molecule has 4 aliphatic heterocycles. The smallest absolute Gasteiger partial charge is 0.419 e. The van der Waals surface area contributed by atoms with Crippen molar-refractivity contribution in [2.75, 3.05) is 43.4 Å². The maximum absolute atomic E-state index is 14.6. The summed E-state index contributed by atoms with van der Waals surface area (Å²) >= 11 is 0. The topological polar surface area (TPSA) is 121 Å². The Labute approximate surface area is 257 Å². The number of rotatable bonds is 6. The van der Waals surface area contributed by atoms with Crippen molar-refractivity contribution in [2.45, 2.75) is 75.5 Å². The van der Waals surface area contributed by atoms with Crippen LogP contribution in [0.5, 0.6) is 6.01 Å². The number of benzene rings is 1. The second kappa shape index (κ2) is 11.7. The van der Waals surface area contributed by atoms with Crippen LogP contribution in [0.25, 0.3) is 0 Å². The summed E-state index contributed by atoms with van der Waals surface area (Å²) in [4.78, 5) is 13.4. The number of aromatic nitrogens is 2. The first-order valence-corrected chi connectivity index (χ1v) is 15.0. The van der Waals surface area contributed by atoms with Gasteiger partial charge in [-0.3, -0.25) is 4.90 Å². The summed E-state index contributed by atoms with van der Waals surface area (Å²) in [5.74, 6) is -1.26. The summed E-state index contributed by atoms with van der Waals surface area (Å²) in [7, 11) is 0. The SMILES string of the molecule is C[C@@]1(O)C[C@@H](CC#N)CN(c2nc(OC[C@@]34CCCN3C/C(=C\F)C4)nc3c2CO[C@H](c2cc(N)cc(F)c2C(F)(F)F)C3)C1. The fourth-order valence-electron chi connectivity index (χ4n) is 7.58. The molecule has 0 bridgehead atoms. The minimum Gasteiger partial charge on any atom is -0.461 e. The highest BCUT2D eigenvalue weighted by atomic mass is 19.4. The van der Waals surface area contributed by atoms with E-state index in [2.05, 4.69) is 16.0 Å². The lowest BCUT2D eigenvalue weighted by Crippen LogP contribution is -2.51. The lowest BCUT2D eigenvalue weighted by atomic mass is 9.85. The first kappa shape index (κ1) is 31.4. The molecule has 0 spiro atoms. The van der Waals surface area contributed by atoms with Crippen LogP contribution in [-0.4, -0.2) is 63.9 Å². The molecule has 14 heteroatoms. The zero-order valence-electron chi connectivity index (χ0n) is 24.8. The monoisotopic (exact) mass is 634 g/mol. The third-order valence-corrected chi connectivity index (χ3v) is 9.36. The molecule has 0 aliphatic carbocycles. The number of halogens is 5. The van der Waals surface area contributed by atoms with E-state index in [9.17, 15) is 32.3 Å². The number of piperidine rings is 1. The van der Waals surface area contributed by atoms with Crippen LogP contribution < -0.4 is 15.4 Å². The summed E-state index contributed by atoms with van der Waals surface area (Å²) in [6.07, 6.45) is -2.85. The van der Waals surface area contributed by atoms with Gasteiger partial charge in [-0.2, -0.15) is 28.4 Å². The highest BCUT2D eigenvalue weighted by Crippen LogP contribution is 2.44. The molecule has 0 unspecified atom stereocenters.